The van der Waals surface area contributed by atoms with Gasteiger partial charge in [0.1, 0.15) is 0 Å². The van der Waals surface area contributed by atoms with E-state index >= 15 is 0 Å². The second-order valence-electron chi connectivity index (χ2n) is 6.02. The third-order valence-electron chi connectivity index (χ3n) is 4.51. The fourth-order valence-corrected chi connectivity index (χ4v) is 3.83. The van der Waals surface area contributed by atoms with Gasteiger partial charge in [-0.3, -0.25) is 0 Å². The number of hydrogen-bond acceptors (Lipinski definition) is 1. The highest BCUT2D eigenvalue weighted by Gasteiger charge is 2.25. The molecule has 1 saturated carbocycles. The quantitative estimate of drug-likeness (QED) is 0.755. The molecular weight excluding hydrogens is 322 g/mol. The van der Waals surface area contributed by atoms with E-state index in [1.165, 1.54) is 24.8 Å². The Kier molecular flexibility index (Phi) is 5.33. The van der Waals surface area contributed by atoms with Crippen molar-refractivity contribution in [2.45, 2.75) is 52.1 Å². The molecule has 2 rings (SSSR count). The molecule has 0 saturated heterocycles. The molecule has 1 aromatic carbocycles. The molecule has 1 nitrogen and oxygen atoms in total. The molecule has 19 heavy (non-hydrogen) atoms. The molecule has 1 aliphatic rings. The van der Waals surface area contributed by atoms with Crippen LogP contribution in [0.4, 0.5) is 0 Å². The zero-order chi connectivity index (χ0) is 14.0. The molecule has 3 heteroatoms. The van der Waals surface area contributed by atoms with E-state index < -0.39 is 0 Å². The van der Waals surface area contributed by atoms with Gasteiger partial charge in [0.05, 0.1) is 0 Å². The monoisotopic (exact) mass is 343 g/mol. The van der Waals surface area contributed by atoms with E-state index in [0.717, 1.165) is 21.3 Å². The molecule has 1 N–H and O–H groups in total. The van der Waals surface area contributed by atoms with Crippen LogP contribution < -0.4 is 5.32 Å². The number of benzene rings is 1. The van der Waals surface area contributed by atoms with E-state index in [4.69, 9.17) is 11.6 Å². The number of halogens is 2. The van der Waals surface area contributed by atoms with Crippen LogP contribution in [0.3, 0.4) is 0 Å². The summed E-state index contributed by atoms with van der Waals surface area (Å²) >= 11 is 9.78. The molecule has 0 aliphatic heterocycles. The first kappa shape index (κ1) is 15.3. The molecule has 1 aliphatic carbocycles. The number of rotatable bonds is 3. The fourth-order valence-electron chi connectivity index (χ4n) is 2.99. The first-order valence-electron chi connectivity index (χ1n) is 7.18. The third-order valence-corrected chi connectivity index (χ3v) is 5.33. The topological polar surface area (TPSA) is 12.0 Å². The van der Waals surface area contributed by atoms with Crippen LogP contribution in [0.1, 0.15) is 51.6 Å². The van der Waals surface area contributed by atoms with Gasteiger partial charge in [-0.05, 0) is 55.7 Å². The van der Waals surface area contributed by atoms with Gasteiger partial charge in [-0.25, -0.2) is 0 Å². The van der Waals surface area contributed by atoms with Gasteiger partial charge in [0.2, 0.25) is 0 Å². The number of nitrogens with one attached hydrogen (secondary N) is 1. The largest absolute Gasteiger partial charge is 0.307 e. The van der Waals surface area contributed by atoms with Crippen molar-refractivity contribution in [1.82, 2.24) is 5.32 Å². The zero-order valence-corrected chi connectivity index (χ0v) is 14.3. The highest BCUT2D eigenvalue weighted by atomic mass is 79.9. The normalized spacial score (nSPS) is 29.2. The minimum Gasteiger partial charge on any atom is -0.307 e. The average molecular weight is 345 g/mol. The van der Waals surface area contributed by atoms with Crippen LogP contribution in [0, 0.1) is 11.8 Å². The number of hydrogen-bond donors (Lipinski definition) is 1. The Bertz CT molecular complexity index is 435. The van der Waals surface area contributed by atoms with Gasteiger partial charge in [0.15, 0.2) is 0 Å². The summed E-state index contributed by atoms with van der Waals surface area (Å²) in [5.41, 5.74) is 1.19. The Morgan fingerprint density at radius 3 is 2.63 bits per heavy atom. The van der Waals surface area contributed by atoms with Crippen molar-refractivity contribution < 1.29 is 0 Å². The smallest absolute Gasteiger partial charge is 0.0464 e. The lowest BCUT2D eigenvalue weighted by atomic mass is 9.79. The highest BCUT2D eigenvalue weighted by molar-refractivity contribution is 9.10. The van der Waals surface area contributed by atoms with Crippen molar-refractivity contribution in [2.24, 2.45) is 11.8 Å². The van der Waals surface area contributed by atoms with E-state index in [-0.39, 0.29) is 0 Å². The molecule has 4 unspecified atom stereocenters. The lowest BCUT2D eigenvalue weighted by Crippen LogP contribution is -2.37. The minimum absolute atomic E-state index is 0.311. The van der Waals surface area contributed by atoms with Gasteiger partial charge >= 0.3 is 0 Å². The lowest BCUT2D eigenvalue weighted by Gasteiger charge is -2.34. The van der Waals surface area contributed by atoms with Crippen LogP contribution in [0.5, 0.6) is 0 Å². The van der Waals surface area contributed by atoms with Gasteiger partial charge in [-0.15, -0.1) is 0 Å². The van der Waals surface area contributed by atoms with Gasteiger partial charge < -0.3 is 5.32 Å². The van der Waals surface area contributed by atoms with Crippen LogP contribution in [-0.2, 0) is 0 Å². The van der Waals surface area contributed by atoms with Crippen LogP contribution in [-0.4, -0.2) is 6.04 Å². The van der Waals surface area contributed by atoms with Crippen LogP contribution in [0.25, 0.3) is 0 Å². The van der Waals surface area contributed by atoms with E-state index in [0.29, 0.717) is 12.1 Å². The molecule has 0 radical (unpaired) electrons. The summed E-state index contributed by atoms with van der Waals surface area (Å²) in [6.45, 7) is 6.95. The molecule has 0 spiro atoms. The highest BCUT2D eigenvalue weighted by Crippen LogP contribution is 2.32. The van der Waals surface area contributed by atoms with Gasteiger partial charge in [-0.1, -0.05) is 47.4 Å². The average Bonchev–Trinajstić information content (AvgIpc) is 2.33. The minimum atomic E-state index is 0.311. The summed E-state index contributed by atoms with van der Waals surface area (Å²) < 4.78 is 1.04. The zero-order valence-electron chi connectivity index (χ0n) is 11.9. The maximum atomic E-state index is 6.32. The SMILES string of the molecule is CC(NC1CCC(C)C(C)C1)c1ccc(Br)cc1Cl. The van der Waals surface area contributed by atoms with Crippen molar-refractivity contribution in [1.29, 1.82) is 0 Å². The molecule has 0 amide bonds. The van der Waals surface area contributed by atoms with E-state index in [1.807, 2.05) is 6.07 Å². The molecule has 4 atom stereocenters. The van der Waals surface area contributed by atoms with Crippen molar-refractivity contribution in [3.8, 4) is 0 Å². The van der Waals surface area contributed by atoms with Crippen molar-refractivity contribution in [3.05, 3.63) is 33.3 Å². The van der Waals surface area contributed by atoms with E-state index in [9.17, 15) is 0 Å². The first-order chi connectivity index (χ1) is 8.97. The summed E-state index contributed by atoms with van der Waals surface area (Å²) in [6, 6.07) is 7.08. The molecule has 106 valence electrons. The van der Waals surface area contributed by atoms with Crippen LogP contribution in [0.15, 0.2) is 22.7 Å². The predicted molar refractivity (Wildman–Crippen MR) is 86.7 cm³/mol. The first-order valence-corrected chi connectivity index (χ1v) is 8.35. The molecule has 0 aromatic heterocycles. The molecule has 0 heterocycles. The molecule has 0 bridgehead atoms. The Hall–Kier alpha value is -0.0500. The molecule has 1 fully saturated rings. The maximum absolute atomic E-state index is 6.32. The van der Waals surface area contributed by atoms with Crippen LogP contribution in [0.2, 0.25) is 5.02 Å². The summed E-state index contributed by atoms with van der Waals surface area (Å²) in [5.74, 6) is 1.68. The summed E-state index contributed by atoms with van der Waals surface area (Å²) in [5, 5.41) is 4.59. The van der Waals surface area contributed by atoms with E-state index in [1.54, 1.807) is 0 Å². The van der Waals surface area contributed by atoms with Gasteiger partial charge in [0.25, 0.3) is 0 Å². The third kappa shape index (κ3) is 3.96. The predicted octanol–water partition coefficient (Wildman–Crippen LogP) is 5.58. The van der Waals surface area contributed by atoms with Crippen molar-refractivity contribution in [3.63, 3.8) is 0 Å². The van der Waals surface area contributed by atoms with Gasteiger partial charge in [-0.2, -0.15) is 0 Å². The Labute approximate surface area is 130 Å². The summed E-state index contributed by atoms with van der Waals surface area (Å²) in [7, 11) is 0. The second kappa shape index (κ2) is 6.60. The Balaban J connectivity index is 1.99. The fraction of sp³-hybridized carbons (Fsp3) is 0.625. The van der Waals surface area contributed by atoms with Crippen molar-refractivity contribution in [2.75, 3.05) is 0 Å². The summed E-state index contributed by atoms with van der Waals surface area (Å²) in [4.78, 5) is 0. The summed E-state index contributed by atoms with van der Waals surface area (Å²) in [6.07, 6.45) is 3.89. The standard InChI is InChI=1S/C16H23BrClN/c1-10-4-6-14(8-11(10)2)19-12(3)15-7-5-13(17)9-16(15)18/h5,7,9-12,14,19H,4,6,8H2,1-3H3. The second-order valence-corrected chi connectivity index (χ2v) is 7.34. The van der Waals surface area contributed by atoms with E-state index in [2.05, 4.69) is 54.2 Å². The Morgan fingerprint density at radius 1 is 1.26 bits per heavy atom. The lowest BCUT2D eigenvalue weighted by molar-refractivity contribution is 0.217. The van der Waals surface area contributed by atoms with Gasteiger partial charge in [0, 0.05) is 21.6 Å². The molecular formula is C16H23BrClN. The van der Waals surface area contributed by atoms with Crippen LogP contribution >= 0.6 is 27.5 Å². The molecule has 1 aromatic rings. The Morgan fingerprint density at radius 2 is 2.00 bits per heavy atom. The maximum Gasteiger partial charge on any atom is 0.0464 e. The van der Waals surface area contributed by atoms with Crippen molar-refractivity contribution >= 4 is 27.5 Å².